The van der Waals surface area contributed by atoms with E-state index in [4.69, 9.17) is 0 Å². The van der Waals surface area contributed by atoms with Gasteiger partial charge in [-0.2, -0.15) is 0 Å². The Balaban J connectivity index is 2.30. The zero-order valence-electron chi connectivity index (χ0n) is 7.62. The van der Waals surface area contributed by atoms with E-state index in [9.17, 15) is 4.79 Å². The summed E-state index contributed by atoms with van der Waals surface area (Å²) in [7, 11) is 2.00. The molecular weight excluding hydrogens is 215 g/mol. The normalized spacial score (nSPS) is 20.2. The second-order valence-corrected chi connectivity index (χ2v) is 4.47. The van der Waals surface area contributed by atoms with Gasteiger partial charge >= 0.3 is 82.2 Å². The summed E-state index contributed by atoms with van der Waals surface area (Å²) in [5, 5.41) is 1.23. The van der Waals surface area contributed by atoms with Crippen molar-refractivity contribution in [2.24, 2.45) is 0 Å². The Labute approximate surface area is 82.6 Å². The molecule has 12 heavy (non-hydrogen) atoms. The van der Waals surface area contributed by atoms with Crippen LogP contribution in [0.25, 0.3) is 0 Å². The van der Waals surface area contributed by atoms with Gasteiger partial charge in [0.15, 0.2) is 0 Å². The molecule has 70 valence electrons. The second-order valence-electron chi connectivity index (χ2n) is 3.26. The minimum absolute atomic E-state index is 0.296. The summed E-state index contributed by atoms with van der Waals surface area (Å²) in [5.74, 6) is 0.296. The summed E-state index contributed by atoms with van der Waals surface area (Å²) >= 11 is 1.75. The van der Waals surface area contributed by atoms with E-state index in [2.05, 4.69) is 4.90 Å². The summed E-state index contributed by atoms with van der Waals surface area (Å²) in [4.78, 5) is 15.5. The van der Waals surface area contributed by atoms with Crippen LogP contribution in [0.4, 0.5) is 0 Å². The molecule has 0 radical (unpaired) electrons. The van der Waals surface area contributed by atoms with E-state index in [-0.39, 0.29) is 0 Å². The van der Waals surface area contributed by atoms with Crippen LogP contribution in [0.2, 0.25) is 5.21 Å². The number of likely N-dealkylation sites (N-methyl/N-ethyl adjacent to an activating group) is 1. The van der Waals surface area contributed by atoms with Crippen molar-refractivity contribution in [1.29, 1.82) is 0 Å². The number of nitrogens with zero attached hydrogens (tertiary/aromatic N) is 2. The van der Waals surface area contributed by atoms with E-state index in [1.807, 2.05) is 11.9 Å². The molecule has 0 aromatic carbocycles. The number of hydrogen-bond donors (Lipinski definition) is 0. The van der Waals surface area contributed by atoms with Gasteiger partial charge in [-0.3, -0.25) is 0 Å². The van der Waals surface area contributed by atoms with Gasteiger partial charge in [0.2, 0.25) is 0 Å². The molecule has 1 heterocycles. The molecular formula is C8H17AsN2O. The van der Waals surface area contributed by atoms with E-state index < -0.39 is 0 Å². The van der Waals surface area contributed by atoms with Gasteiger partial charge in [-0.1, -0.05) is 0 Å². The molecule has 1 aliphatic rings. The SMILES string of the molecule is CN1CCN(CCC[AsH2])C(=O)C1. The Kier molecular flexibility index (Phi) is 4.10. The van der Waals surface area contributed by atoms with Crippen LogP contribution in [0.3, 0.4) is 0 Å². The first-order valence-electron chi connectivity index (χ1n) is 4.40. The van der Waals surface area contributed by atoms with E-state index >= 15 is 0 Å². The molecule has 0 aromatic rings. The molecule has 1 saturated heterocycles. The van der Waals surface area contributed by atoms with E-state index in [1.54, 1.807) is 16.9 Å². The Morgan fingerprint density at radius 2 is 2.25 bits per heavy atom. The fourth-order valence-corrected chi connectivity index (χ4v) is 1.73. The second kappa shape index (κ2) is 4.88. The van der Waals surface area contributed by atoms with Crippen molar-refractivity contribution in [1.82, 2.24) is 9.80 Å². The Bertz CT molecular complexity index is 161. The molecule has 1 atom stereocenters. The average molecular weight is 232 g/mol. The molecule has 3 nitrogen and oxygen atoms in total. The first-order valence-corrected chi connectivity index (χ1v) is 6.11. The zero-order valence-corrected chi connectivity index (χ0v) is 10.0. The monoisotopic (exact) mass is 232 g/mol. The molecule has 1 aliphatic heterocycles. The third-order valence-electron chi connectivity index (χ3n) is 2.14. The maximum atomic E-state index is 11.4. The van der Waals surface area contributed by atoms with Gasteiger partial charge in [-0.05, 0) is 0 Å². The van der Waals surface area contributed by atoms with Gasteiger partial charge in [0, 0.05) is 0 Å². The van der Waals surface area contributed by atoms with Gasteiger partial charge in [0.1, 0.15) is 0 Å². The topological polar surface area (TPSA) is 23.6 Å². The predicted molar refractivity (Wildman–Crippen MR) is 52.0 cm³/mol. The quantitative estimate of drug-likeness (QED) is 0.595. The van der Waals surface area contributed by atoms with Crippen LogP contribution in [-0.4, -0.2) is 65.8 Å². The van der Waals surface area contributed by atoms with Gasteiger partial charge < -0.3 is 0 Å². The van der Waals surface area contributed by atoms with Crippen LogP contribution >= 0.6 is 0 Å². The zero-order chi connectivity index (χ0) is 8.97. The van der Waals surface area contributed by atoms with Crippen molar-refractivity contribution in [3.8, 4) is 0 Å². The summed E-state index contributed by atoms with van der Waals surface area (Å²) in [6, 6.07) is 0. The summed E-state index contributed by atoms with van der Waals surface area (Å²) < 4.78 is 0. The first-order chi connectivity index (χ1) is 5.74. The number of carbonyl (C=O) groups is 1. The van der Waals surface area contributed by atoms with Crippen molar-refractivity contribution in [2.45, 2.75) is 11.6 Å². The molecule has 0 spiro atoms. The van der Waals surface area contributed by atoms with Crippen LogP contribution in [0.1, 0.15) is 6.42 Å². The first kappa shape index (κ1) is 10.1. The third kappa shape index (κ3) is 2.80. The van der Waals surface area contributed by atoms with Crippen molar-refractivity contribution in [3.05, 3.63) is 0 Å². The fraction of sp³-hybridized carbons (Fsp3) is 0.875. The molecule has 1 amide bonds. The van der Waals surface area contributed by atoms with Crippen LogP contribution < -0.4 is 0 Å². The van der Waals surface area contributed by atoms with Gasteiger partial charge in [0.25, 0.3) is 0 Å². The molecule has 0 aromatic heterocycles. The predicted octanol–water partition coefficient (Wildman–Crippen LogP) is -0.798. The Hall–Kier alpha value is -0.0116. The molecule has 4 heteroatoms. The Morgan fingerprint density at radius 3 is 2.83 bits per heavy atom. The van der Waals surface area contributed by atoms with E-state index in [0.717, 1.165) is 26.1 Å². The van der Waals surface area contributed by atoms with Gasteiger partial charge in [0.05, 0.1) is 0 Å². The van der Waals surface area contributed by atoms with Crippen molar-refractivity contribution in [2.75, 3.05) is 33.2 Å². The van der Waals surface area contributed by atoms with E-state index in [0.29, 0.717) is 12.5 Å². The molecule has 0 saturated carbocycles. The molecule has 0 aliphatic carbocycles. The molecule has 0 N–H and O–H groups in total. The summed E-state index contributed by atoms with van der Waals surface area (Å²) in [6.07, 6.45) is 1.16. The summed E-state index contributed by atoms with van der Waals surface area (Å²) in [5.41, 5.74) is 0. The van der Waals surface area contributed by atoms with Crippen LogP contribution in [-0.2, 0) is 4.79 Å². The van der Waals surface area contributed by atoms with Gasteiger partial charge in [-0.15, -0.1) is 0 Å². The van der Waals surface area contributed by atoms with Crippen LogP contribution in [0, 0.1) is 0 Å². The molecule has 0 bridgehead atoms. The Morgan fingerprint density at radius 1 is 1.50 bits per heavy atom. The standard InChI is InChI=1S/C8H17AsN2O/c1-10-5-6-11(4-2-3-9)8(12)7-10/h2-7,9H2,1H3. The average Bonchev–Trinajstić information content (AvgIpc) is 2.03. The molecule has 1 fully saturated rings. The molecule has 1 unspecified atom stereocenters. The number of carbonyl (C=O) groups excluding carboxylic acids is 1. The summed E-state index contributed by atoms with van der Waals surface area (Å²) in [6.45, 7) is 3.52. The minimum atomic E-state index is 0.296. The number of piperazine rings is 1. The fourth-order valence-electron chi connectivity index (χ4n) is 1.34. The van der Waals surface area contributed by atoms with Crippen LogP contribution in [0.5, 0.6) is 0 Å². The van der Waals surface area contributed by atoms with Crippen LogP contribution in [0.15, 0.2) is 0 Å². The van der Waals surface area contributed by atoms with Gasteiger partial charge in [-0.25, -0.2) is 0 Å². The number of hydrogen-bond acceptors (Lipinski definition) is 2. The van der Waals surface area contributed by atoms with Crippen molar-refractivity contribution in [3.63, 3.8) is 0 Å². The number of rotatable bonds is 3. The van der Waals surface area contributed by atoms with Crippen molar-refractivity contribution < 1.29 is 4.79 Å². The maximum absolute atomic E-state index is 11.4. The third-order valence-corrected chi connectivity index (χ3v) is 3.00. The van der Waals surface area contributed by atoms with E-state index in [1.165, 1.54) is 5.21 Å². The van der Waals surface area contributed by atoms with Crippen molar-refractivity contribution >= 4 is 22.8 Å². The molecule has 1 rings (SSSR count). The number of amides is 1.